The highest BCUT2D eigenvalue weighted by Crippen LogP contribution is 2.46. The van der Waals surface area contributed by atoms with Gasteiger partial charge in [0.05, 0.1) is 12.5 Å². The normalized spacial score (nSPS) is 15.4. The van der Waals surface area contributed by atoms with Crippen LogP contribution in [0.5, 0.6) is 5.75 Å². The minimum Gasteiger partial charge on any atom is -0.462 e. The molecule has 1 atom stereocenters. The topological polar surface area (TPSA) is 64.6 Å². The van der Waals surface area contributed by atoms with Crippen LogP contribution < -0.4 is 10.1 Å². The second-order valence-corrected chi connectivity index (χ2v) is 7.75. The lowest BCUT2D eigenvalue weighted by molar-refractivity contribution is -0.139. The van der Waals surface area contributed by atoms with Gasteiger partial charge in [-0.25, -0.2) is 4.79 Å². The molecule has 5 nitrogen and oxygen atoms in total. The first-order valence-corrected chi connectivity index (χ1v) is 10.5. The van der Waals surface area contributed by atoms with Gasteiger partial charge in [-0.2, -0.15) is 0 Å². The van der Waals surface area contributed by atoms with Gasteiger partial charge in [0.15, 0.2) is 0 Å². The molecule has 1 heterocycles. The average Bonchev–Trinajstić information content (AvgIpc) is 2.78. The zero-order valence-electron chi connectivity index (χ0n) is 17.8. The second-order valence-electron chi connectivity index (χ2n) is 7.75. The van der Waals surface area contributed by atoms with Gasteiger partial charge in [0.2, 0.25) is 11.8 Å². The monoisotopic (exact) mass is 415 g/mol. The summed E-state index contributed by atoms with van der Waals surface area (Å²) in [5.74, 6) is -0.708. The van der Waals surface area contributed by atoms with Crippen LogP contribution in [0, 0.1) is 5.92 Å². The summed E-state index contributed by atoms with van der Waals surface area (Å²) in [7, 11) is 0. The number of fused-ring (bicyclic) bond motifs is 3. The number of nitrogens with one attached hydrogen (secondary N) is 1. The second kappa shape index (κ2) is 8.64. The molecule has 0 aromatic heterocycles. The van der Waals surface area contributed by atoms with Crippen LogP contribution in [0.1, 0.15) is 37.8 Å². The molecule has 0 aliphatic carbocycles. The summed E-state index contributed by atoms with van der Waals surface area (Å²) in [5, 5.41) is 4.85. The summed E-state index contributed by atoms with van der Waals surface area (Å²) in [6.45, 7) is 5.56. The lowest BCUT2D eigenvalue weighted by atomic mass is 9.80. The van der Waals surface area contributed by atoms with Crippen LogP contribution in [0.3, 0.4) is 0 Å². The van der Waals surface area contributed by atoms with Crippen molar-refractivity contribution >= 4 is 22.6 Å². The zero-order valence-corrected chi connectivity index (χ0v) is 17.8. The number of esters is 1. The van der Waals surface area contributed by atoms with Crippen molar-refractivity contribution in [2.75, 3.05) is 6.61 Å². The Labute approximate surface area is 181 Å². The predicted molar refractivity (Wildman–Crippen MR) is 120 cm³/mol. The minimum atomic E-state index is -0.506. The van der Waals surface area contributed by atoms with Gasteiger partial charge in [0.25, 0.3) is 0 Å². The molecule has 0 radical (unpaired) electrons. The predicted octanol–water partition coefficient (Wildman–Crippen LogP) is 4.91. The lowest BCUT2D eigenvalue weighted by Gasteiger charge is -2.31. The van der Waals surface area contributed by atoms with E-state index in [0.29, 0.717) is 11.3 Å². The third-order valence-electron chi connectivity index (χ3n) is 5.35. The van der Waals surface area contributed by atoms with Gasteiger partial charge >= 0.3 is 5.97 Å². The van der Waals surface area contributed by atoms with Gasteiger partial charge in [-0.05, 0) is 29.3 Å². The highest BCUT2D eigenvalue weighted by atomic mass is 16.5. The van der Waals surface area contributed by atoms with Crippen LogP contribution in [0.4, 0.5) is 0 Å². The SMILES string of the molecule is CCOC(=O)C1=C(NC(=O)C(C)C)Oc2ccc3ccccc3c2C1c1ccccc1. The van der Waals surface area contributed by atoms with Crippen molar-refractivity contribution in [2.24, 2.45) is 5.92 Å². The third kappa shape index (κ3) is 3.91. The van der Waals surface area contributed by atoms with E-state index in [1.165, 1.54) is 0 Å². The van der Waals surface area contributed by atoms with E-state index in [1.54, 1.807) is 20.8 Å². The summed E-state index contributed by atoms with van der Waals surface area (Å²) in [5.41, 5.74) is 2.10. The maximum atomic E-state index is 13.2. The van der Waals surface area contributed by atoms with Gasteiger partial charge in [0, 0.05) is 11.5 Å². The summed E-state index contributed by atoms with van der Waals surface area (Å²) < 4.78 is 11.5. The van der Waals surface area contributed by atoms with Gasteiger partial charge in [0.1, 0.15) is 11.3 Å². The fourth-order valence-electron chi connectivity index (χ4n) is 3.85. The van der Waals surface area contributed by atoms with Crippen molar-refractivity contribution in [1.29, 1.82) is 0 Å². The van der Waals surface area contributed by atoms with E-state index in [9.17, 15) is 9.59 Å². The fourth-order valence-corrected chi connectivity index (χ4v) is 3.85. The van der Waals surface area contributed by atoms with Crippen LogP contribution in [-0.2, 0) is 14.3 Å². The van der Waals surface area contributed by atoms with Crippen LogP contribution in [0.15, 0.2) is 78.2 Å². The molecule has 31 heavy (non-hydrogen) atoms. The number of hydrogen-bond donors (Lipinski definition) is 1. The molecule has 0 saturated heterocycles. The number of benzene rings is 3. The van der Waals surface area contributed by atoms with Gasteiger partial charge < -0.3 is 9.47 Å². The van der Waals surface area contributed by atoms with E-state index in [0.717, 1.165) is 21.9 Å². The molecule has 0 saturated carbocycles. The molecule has 1 aliphatic heterocycles. The molecule has 1 amide bonds. The Kier molecular flexibility index (Phi) is 5.76. The maximum absolute atomic E-state index is 13.2. The third-order valence-corrected chi connectivity index (χ3v) is 5.35. The Hall–Kier alpha value is -3.60. The standard InChI is InChI=1S/C26H25NO4/c1-4-30-26(29)23-21(18-11-6-5-7-12-18)22-19-13-9-8-10-17(19)14-15-20(22)31-25(23)27-24(28)16(2)3/h5-16,21H,4H2,1-3H3,(H,27,28). The number of hydrogen-bond acceptors (Lipinski definition) is 4. The van der Waals surface area contributed by atoms with Crippen molar-refractivity contribution in [1.82, 2.24) is 5.32 Å². The van der Waals surface area contributed by atoms with Crippen LogP contribution in [0.2, 0.25) is 0 Å². The van der Waals surface area contributed by atoms with Crippen molar-refractivity contribution in [2.45, 2.75) is 26.7 Å². The number of carbonyl (C=O) groups is 2. The zero-order chi connectivity index (χ0) is 22.0. The summed E-state index contributed by atoms with van der Waals surface area (Å²) in [4.78, 5) is 25.7. The van der Waals surface area contributed by atoms with E-state index < -0.39 is 11.9 Å². The Morgan fingerprint density at radius 3 is 2.42 bits per heavy atom. The van der Waals surface area contributed by atoms with E-state index in [1.807, 2.05) is 66.7 Å². The van der Waals surface area contributed by atoms with E-state index in [4.69, 9.17) is 9.47 Å². The highest BCUT2D eigenvalue weighted by Gasteiger charge is 2.38. The van der Waals surface area contributed by atoms with Crippen molar-refractivity contribution in [3.05, 3.63) is 89.3 Å². The Morgan fingerprint density at radius 2 is 1.71 bits per heavy atom. The largest absolute Gasteiger partial charge is 0.462 e. The fraction of sp³-hybridized carbons (Fsp3) is 0.231. The molecule has 5 heteroatoms. The molecule has 3 aromatic carbocycles. The van der Waals surface area contributed by atoms with E-state index in [-0.39, 0.29) is 24.3 Å². The van der Waals surface area contributed by atoms with Crippen molar-refractivity contribution < 1.29 is 19.1 Å². The number of rotatable bonds is 5. The summed E-state index contributed by atoms with van der Waals surface area (Å²) in [6, 6.07) is 21.6. The number of carbonyl (C=O) groups excluding carboxylic acids is 2. The van der Waals surface area contributed by atoms with Gasteiger partial charge in [-0.3, -0.25) is 10.1 Å². The maximum Gasteiger partial charge on any atom is 0.340 e. The van der Waals surface area contributed by atoms with Crippen molar-refractivity contribution in [3.63, 3.8) is 0 Å². The molecular formula is C26H25NO4. The minimum absolute atomic E-state index is 0.133. The Balaban J connectivity index is 2.00. The molecule has 158 valence electrons. The number of amides is 1. The lowest BCUT2D eigenvalue weighted by Crippen LogP contribution is -2.36. The van der Waals surface area contributed by atoms with Crippen molar-refractivity contribution in [3.8, 4) is 5.75 Å². The molecule has 0 bridgehead atoms. The quantitative estimate of drug-likeness (QED) is 0.602. The smallest absolute Gasteiger partial charge is 0.340 e. The molecule has 0 fully saturated rings. The van der Waals surface area contributed by atoms with Crippen LogP contribution in [0.25, 0.3) is 10.8 Å². The first-order valence-electron chi connectivity index (χ1n) is 10.5. The Morgan fingerprint density at radius 1 is 1.00 bits per heavy atom. The average molecular weight is 415 g/mol. The summed E-state index contributed by atoms with van der Waals surface area (Å²) in [6.07, 6.45) is 0. The van der Waals surface area contributed by atoms with E-state index in [2.05, 4.69) is 5.32 Å². The molecule has 1 N–H and O–H groups in total. The van der Waals surface area contributed by atoms with Crippen LogP contribution >= 0.6 is 0 Å². The van der Waals surface area contributed by atoms with Gasteiger partial charge in [-0.1, -0.05) is 74.5 Å². The molecule has 3 aromatic rings. The summed E-state index contributed by atoms with van der Waals surface area (Å²) >= 11 is 0. The molecule has 1 unspecified atom stereocenters. The van der Waals surface area contributed by atoms with Gasteiger partial charge in [-0.15, -0.1) is 0 Å². The first-order chi connectivity index (χ1) is 15.0. The Bertz CT molecular complexity index is 1160. The van der Waals surface area contributed by atoms with E-state index >= 15 is 0 Å². The molecule has 1 aliphatic rings. The highest BCUT2D eigenvalue weighted by molar-refractivity contribution is 5.97. The van der Waals surface area contributed by atoms with Crippen LogP contribution in [-0.4, -0.2) is 18.5 Å². The molecule has 4 rings (SSSR count). The molecule has 0 spiro atoms. The number of ether oxygens (including phenoxy) is 2. The first kappa shape index (κ1) is 20.7. The molecular weight excluding hydrogens is 390 g/mol.